The van der Waals surface area contributed by atoms with Gasteiger partial charge in [0.25, 0.3) is 0 Å². The van der Waals surface area contributed by atoms with Crippen molar-refractivity contribution < 1.29 is 28.9 Å². The van der Waals surface area contributed by atoms with Crippen LogP contribution in [0.2, 0.25) is 0 Å². The fraction of sp³-hybridized carbons (Fsp3) is 0.517. The van der Waals surface area contributed by atoms with Gasteiger partial charge < -0.3 is 19.3 Å². The Bertz CT molecular complexity index is 1110. The number of aromatic hydroxyl groups is 1. The van der Waals surface area contributed by atoms with E-state index in [2.05, 4.69) is 0 Å². The molecule has 0 amide bonds. The van der Waals surface area contributed by atoms with Crippen molar-refractivity contribution in [3.05, 3.63) is 41.5 Å². The number of aryl methyl sites for hydroxylation is 1. The molecule has 35 heavy (non-hydrogen) atoms. The van der Waals surface area contributed by atoms with Crippen molar-refractivity contribution >= 4 is 11.8 Å². The van der Waals surface area contributed by atoms with Crippen LogP contribution in [0.1, 0.15) is 80.1 Å². The summed E-state index contributed by atoms with van der Waals surface area (Å²) >= 11 is 0. The zero-order valence-corrected chi connectivity index (χ0v) is 20.4. The fourth-order valence-electron chi connectivity index (χ4n) is 5.60. The molecule has 0 bridgehead atoms. The largest absolute Gasteiger partial charge is 0.504 e. The molecule has 2 fully saturated rings. The highest BCUT2D eigenvalue weighted by Crippen LogP contribution is 2.48. The summed E-state index contributed by atoms with van der Waals surface area (Å²) in [5.41, 5.74) is 2.78. The third kappa shape index (κ3) is 4.63. The number of phenolic OH excluding ortho intramolecular Hbond substituents is 1. The Kier molecular flexibility index (Phi) is 6.72. The highest BCUT2D eigenvalue weighted by Gasteiger charge is 2.47. The second-order valence-electron chi connectivity index (χ2n) is 10.2. The molecule has 0 spiro atoms. The van der Waals surface area contributed by atoms with E-state index >= 15 is 0 Å². The highest BCUT2D eigenvalue weighted by molar-refractivity contribution is 6.01. The molecule has 2 saturated carbocycles. The summed E-state index contributed by atoms with van der Waals surface area (Å²) in [5.74, 6) is 0.639. The molecular formula is C29H34O6. The zero-order valence-electron chi connectivity index (χ0n) is 20.4. The van der Waals surface area contributed by atoms with Crippen LogP contribution in [0.5, 0.6) is 17.2 Å². The van der Waals surface area contributed by atoms with E-state index in [4.69, 9.17) is 14.2 Å². The predicted molar refractivity (Wildman–Crippen MR) is 132 cm³/mol. The lowest BCUT2D eigenvalue weighted by molar-refractivity contribution is -0.170. The number of hydrogen-bond acceptors (Lipinski definition) is 6. The van der Waals surface area contributed by atoms with Crippen LogP contribution in [0.4, 0.5) is 0 Å². The van der Waals surface area contributed by atoms with Gasteiger partial charge in [-0.25, -0.2) is 0 Å². The average Bonchev–Trinajstić information content (AvgIpc) is 3.02. The summed E-state index contributed by atoms with van der Waals surface area (Å²) in [5, 5.41) is 10.5. The van der Waals surface area contributed by atoms with Crippen LogP contribution in [-0.2, 0) is 16.0 Å². The highest BCUT2D eigenvalue weighted by atomic mass is 16.6. The molecule has 2 aromatic rings. The molecule has 3 aliphatic carbocycles. The number of benzene rings is 2. The minimum absolute atomic E-state index is 0.00228. The maximum Gasteiger partial charge on any atom is 0.315 e. The number of phenols is 1. The maximum absolute atomic E-state index is 13.3. The number of esters is 1. The SMILES string of the molecule is COc1c(O)ccc(-c2ccc3c(c2)CCC3=O)c1OCC1(C(=O)OC2CCCCCC2)CCC1. The normalized spacial score (nSPS) is 19.4. The van der Waals surface area contributed by atoms with Gasteiger partial charge >= 0.3 is 5.97 Å². The standard InChI is InChI=1S/C29H34O6/c1-33-27-25(31)14-12-23(20-9-11-22-19(17-20)10-13-24(22)30)26(27)34-18-29(15-6-16-29)28(32)35-21-7-4-2-3-5-8-21/h9,11-12,14,17,21,31H,2-8,10,13,15-16,18H2,1H3. The van der Waals surface area contributed by atoms with Crippen molar-refractivity contribution in [2.24, 2.45) is 5.41 Å². The van der Waals surface area contributed by atoms with Crippen molar-refractivity contribution in [1.29, 1.82) is 0 Å². The van der Waals surface area contributed by atoms with Gasteiger partial charge in [-0.15, -0.1) is 0 Å². The van der Waals surface area contributed by atoms with Crippen LogP contribution in [0.25, 0.3) is 11.1 Å². The van der Waals surface area contributed by atoms with E-state index in [1.54, 1.807) is 12.1 Å². The first-order chi connectivity index (χ1) is 17.0. The van der Waals surface area contributed by atoms with Crippen LogP contribution in [0.3, 0.4) is 0 Å². The molecule has 3 aliphatic rings. The molecule has 2 aromatic carbocycles. The first-order valence-electron chi connectivity index (χ1n) is 12.9. The Hall–Kier alpha value is -3.02. The quantitative estimate of drug-likeness (QED) is 0.388. The number of rotatable bonds is 7. The van der Waals surface area contributed by atoms with Crippen LogP contribution in [0.15, 0.2) is 30.3 Å². The van der Waals surface area contributed by atoms with Gasteiger partial charge in [-0.05, 0) is 68.2 Å². The molecule has 0 radical (unpaired) electrons. The summed E-state index contributed by atoms with van der Waals surface area (Å²) in [6, 6.07) is 9.15. The van der Waals surface area contributed by atoms with Crippen molar-refractivity contribution in [1.82, 2.24) is 0 Å². The molecule has 0 heterocycles. The van der Waals surface area contributed by atoms with Crippen LogP contribution in [-0.4, -0.2) is 36.7 Å². The molecule has 6 heteroatoms. The predicted octanol–water partition coefficient (Wildman–Crippen LogP) is 6.01. The number of fused-ring (bicyclic) bond motifs is 1. The van der Waals surface area contributed by atoms with Crippen molar-refractivity contribution in [2.75, 3.05) is 13.7 Å². The third-order valence-electron chi connectivity index (χ3n) is 7.95. The molecule has 0 saturated heterocycles. The minimum atomic E-state index is -0.662. The van der Waals surface area contributed by atoms with Gasteiger partial charge in [-0.2, -0.15) is 0 Å². The number of carbonyl (C=O) groups is 2. The van der Waals surface area contributed by atoms with E-state index in [9.17, 15) is 14.7 Å². The topological polar surface area (TPSA) is 82.1 Å². The van der Waals surface area contributed by atoms with E-state index in [1.807, 2.05) is 18.2 Å². The molecule has 6 nitrogen and oxygen atoms in total. The third-order valence-corrected chi connectivity index (χ3v) is 7.95. The van der Waals surface area contributed by atoms with Crippen LogP contribution < -0.4 is 9.47 Å². The van der Waals surface area contributed by atoms with Gasteiger partial charge in [0.15, 0.2) is 17.3 Å². The molecule has 1 N–H and O–H groups in total. The molecule has 186 valence electrons. The van der Waals surface area contributed by atoms with E-state index in [1.165, 1.54) is 20.0 Å². The Balaban J connectivity index is 1.40. The van der Waals surface area contributed by atoms with Gasteiger partial charge in [0.1, 0.15) is 18.1 Å². The molecule has 0 aromatic heterocycles. The minimum Gasteiger partial charge on any atom is -0.504 e. The summed E-state index contributed by atoms with van der Waals surface area (Å²) in [7, 11) is 1.49. The lowest BCUT2D eigenvalue weighted by Crippen LogP contribution is -2.45. The molecule has 0 aliphatic heterocycles. The number of carbonyl (C=O) groups excluding carboxylic acids is 2. The van der Waals surface area contributed by atoms with Crippen LogP contribution >= 0.6 is 0 Å². The first-order valence-corrected chi connectivity index (χ1v) is 12.9. The van der Waals surface area contributed by atoms with Gasteiger partial charge in [-0.1, -0.05) is 37.5 Å². The number of ether oxygens (including phenoxy) is 3. The molecule has 0 unspecified atom stereocenters. The Morgan fingerprint density at radius 3 is 2.40 bits per heavy atom. The fourth-order valence-corrected chi connectivity index (χ4v) is 5.60. The van der Waals surface area contributed by atoms with E-state index in [0.29, 0.717) is 12.2 Å². The van der Waals surface area contributed by atoms with Crippen molar-refractivity contribution in [3.8, 4) is 28.4 Å². The summed E-state index contributed by atoms with van der Waals surface area (Å²) < 4.78 is 17.8. The molecule has 0 atom stereocenters. The van der Waals surface area contributed by atoms with Gasteiger partial charge in [0, 0.05) is 17.5 Å². The van der Waals surface area contributed by atoms with E-state index in [0.717, 1.165) is 73.6 Å². The number of Topliss-reactive ketones (excluding diaryl/α,β-unsaturated/α-hetero) is 1. The Morgan fingerprint density at radius 1 is 0.971 bits per heavy atom. The van der Waals surface area contributed by atoms with Gasteiger partial charge in [0.05, 0.1) is 7.11 Å². The summed E-state index contributed by atoms with van der Waals surface area (Å²) in [6.07, 6.45) is 10.2. The van der Waals surface area contributed by atoms with Gasteiger partial charge in [-0.3, -0.25) is 9.59 Å². The monoisotopic (exact) mass is 478 g/mol. The van der Waals surface area contributed by atoms with Crippen molar-refractivity contribution in [2.45, 2.75) is 76.7 Å². The lowest BCUT2D eigenvalue weighted by atomic mass is 9.69. The number of methoxy groups -OCH3 is 1. The maximum atomic E-state index is 13.3. The summed E-state index contributed by atoms with van der Waals surface area (Å²) in [6.45, 7) is 0.175. The molecule has 5 rings (SSSR count). The lowest BCUT2D eigenvalue weighted by Gasteiger charge is -2.40. The molecular weight excluding hydrogens is 444 g/mol. The van der Waals surface area contributed by atoms with Gasteiger partial charge in [0.2, 0.25) is 5.75 Å². The van der Waals surface area contributed by atoms with Crippen molar-refractivity contribution in [3.63, 3.8) is 0 Å². The van der Waals surface area contributed by atoms with E-state index < -0.39 is 5.41 Å². The first kappa shape index (κ1) is 23.7. The Labute approximate surface area is 206 Å². The van der Waals surface area contributed by atoms with Crippen LogP contribution in [0, 0.1) is 5.41 Å². The second-order valence-corrected chi connectivity index (χ2v) is 10.2. The Morgan fingerprint density at radius 2 is 1.71 bits per heavy atom. The summed E-state index contributed by atoms with van der Waals surface area (Å²) in [4.78, 5) is 25.4. The van der Waals surface area contributed by atoms with E-state index in [-0.39, 0.29) is 36.0 Å². The second kappa shape index (κ2) is 9.92. The number of hydrogen-bond donors (Lipinski definition) is 1. The zero-order chi connectivity index (χ0) is 24.4. The number of ketones is 1. The smallest absolute Gasteiger partial charge is 0.315 e. The average molecular weight is 479 g/mol.